The molecule has 1 N–H and O–H groups in total. The van der Waals surface area contributed by atoms with Crippen molar-refractivity contribution >= 4 is 6.09 Å². The molecule has 3 aliphatic heterocycles. The minimum Gasteiger partial charge on any atom is -0.444 e. The highest BCUT2D eigenvalue weighted by Gasteiger charge is 2.58. The van der Waals surface area contributed by atoms with Gasteiger partial charge in [-0.15, -0.1) is 0 Å². The summed E-state index contributed by atoms with van der Waals surface area (Å²) in [7, 11) is 0. The van der Waals surface area contributed by atoms with Gasteiger partial charge in [-0.2, -0.15) is 0 Å². The van der Waals surface area contributed by atoms with Crippen molar-refractivity contribution in [3.05, 3.63) is 0 Å². The van der Waals surface area contributed by atoms with Gasteiger partial charge in [0.15, 0.2) is 0 Å². The van der Waals surface area contributed by atoms with Gasteiger partial charge in [0.1, 0.15) is 5.60 Å². The molecule has 1 amide bonds. The summed E-state index contributed by atoms with van der Waals surface area (Å²) in [6.07, 6.45) is 4.60. The van der Waals surface area contributed by atoms with Gasteiger partial charge in [-0.3, -0.25) is 0 Å². The first-order valence-electron chi connectivity index (χ1n) is 7.13. The summed E-state index contributed by atoms with van der Waals surface area (Å²) in [6.45, 7) is 8.00. The van der Waals surface area contributed by atoms with Crippen molar-refractivity contribution in [1.29, 1.82) is 0 Å². The minimum atomic E-state index is -0.389. The van der Waals surface area contributed by atoms with Crippen LogP contribution < -0.4 is 5.32 Å². The predicted octanol–water partition coefficient (Wildman–Crippen LogP) is 2.14. The fraction of sp³-hybridized carbons (Fsp3) is 0.929. The Labute approximate surface area is 109 Å². The van der Waals surface area contributed by atoms with E-state index >= 15 is 0 Å². The van der Waals surface area contributed by atoms with E-state index < -0.39 is 0 Å². The minimum absolute atomic E-state index is 0.0984. The smallest absolute Gasteiger partial charge is 0.410 e. The molecule has 3 fully saturated rings. The van der Waals surface area contributed by atoms with E-state index in [0.29, 0.717) is 17.5 Å². The zero-order valence-electron chi connectivity index (χ0n) is 11.7. The summed E-state index contributed by atoms with van der Waals surface area (Å²) < 4.78 is 5.57. The Morgan fingerprint density at radius 2 is 2.17 bits per heavy atom. The number of amides is 1. The van der Waals surface area contributed by atoms with Crippen LogP contribution in [0.1, 0.15) is 46.5 Å². The first-order valence-corrected chi connectivity index (χ1v) is 7.13. The van der Waals surface area contributed by atoms with Crippen molar-refractivity contribution in [2.45, 2.75) is 64.1 Å². The van der Waals surface area contributed by atoms with Crippen LogP contribution in [-0.4, -0.2) is 41.8 Å². The van der Waals surface area contributed by atoms with Gasteiger partial charge in [0.25, 0.3) is 0 Å². The monoisotopic (exact) mass is 252 g/mol. The third kappa shape index (κ3) is 1.81. The molecule has 2 bridgehead atoms. The zero-order chi connectivity index (χ0) is 13.0. The number of nitrogens with zero attached hydrogens (tertiary/aromatic N) is 1. The summed E-state index contributed by atoms with van der Waals surface area (Å²) in [5.74, 6) is 0. The van der Waals surface area contributed by atoms with Gasteiger partial charge in [0, 0.05) is 24.0 Å². The standard InChI is InChI=1S/C14H24N2O2/c1-13(2,3)18-12(17)16-10-4-5-11(16)14(8-10)6-7-15-9-14/h10-11,15H,4-9H2,1-3H3. The quantitative estimate of drug-likeness (QED) is 0.718. The summed E-state index contributed by atoms with van der Waals surface area (Å²) in [4.78, 5) is 14.4. The molecule has 18 heavy (non-hydrogen) atoms. The number of rotatable bonds is 0. The third-order valence-corrected chi connectivity index (χ3v) is 4.73. The lowest BCUT2D eigenvalue weighted by atomic mass is 9.73. The SMILES string of the molecule is CC(C)(C)OC(=O)N1C2CCC1C1(CCNC1)C2. The molecule has 3 saturated heterocycles. The van der Waals surface area contributed by atoms with Crippen LogP contribution in [0.15, 0.2) is 0 Å². The molecule has 0 aromatic heterocycles. The fourth-order valence-corrected chi connectivity index (χ4v) is 4.10. The zero-order valence-corrected chi connectivity index (χ0v) is 11.7. The number of carbonyl (C=O) groups excluding carboxylic acids is 1. The maximum absolute atomic E-state index is 12.3. The van der Waals surface area contributed by atoms with Gasteiger partial charge in [-0.05, 0) is 53.0 Å². The van der Waals surface area contributed by atoms with E-state index in [0.717, 1.165) is 25.9 Å². The van der Waals surface area contributed by atoms with E-state index in [4.69, 9.17) is 4.74 Å². The van der Waals surface area contributed by atoms with Crippen molar-refractivity contribution in [3.63, 3.8) is 0 Å². The number of fused-ring (bicyclic) bond motifs is 3. The van der Waals surface area contributed by atoms with Crippen molar-refractivity contribution in [1.82, 2.24) is 10.2 Å². The Morgan fingerprint density at radius 3 is 2.78 bits per heavy atom. The van der Waals surface area contributed by atoms with E-state index in [1.165, 1.54) is 12.8 Å². The van der Waals surface area contributed by atoms with Crippen molar-refractivity contribution in [2.24, 2.45) is 5.41 Å². The predicted molar refractivity (Wildman–Crippen MR) is 69.4 cm³/mol. The summed E-state index contributed by atoms with van der Waals surface area (Å²) in [5, 5.41) is 3.47. The lowest BCUT2D eigenvalue weighted by Crippen LogP contribution is -2.43. The Kier molecular flexibility index (Phi) is 2.63. The van der Waals surface area contributed by atoms with Crippen LogP contribution in [0, 0.1) is 5.41 Å². The van der Waals surface area contributed by atoms with Crippen LogP contribution in [-0.2, 0) is 4.74 Å². The first kappa shape index (κ1) is 12.3. The van der Waals surface area contributed by atoms with E-state index in [2.05, 4.69) is 10.2 Å². The maximum Gasteiger partial charge on any atom is 0.410 e. The largest absolute Gasteiger partial charge is 0.444 e. The molecule has 0 aliphatic carbocycles. The van der Waals surface area contributed by atoms with E-state index in [-0.39, 0.29) is 11.7 Å². The van der Waals surface area contributed by atoms with E-state index in [9.17, 15) is 4.79 Å². The van der Waals surface area contributed by atoms with E-state index in [1.54, 1.807) is 0 Å². The summed E-state index contributed by atoms with van der Waals surface area (Å²) >= 11 is 0. The van der Waals surface area contributed by atoms with Crippen LogP contribution in [0.3, 0.4) is 0 Å². The highest BCUT2D eigenvalue weighted by molar-refractivity contribution is 5.70. The number of carbonyl (C=O) groups is 1. The van der Waals surface area contributed by atoms with Crippen molar-refractivity contribution in [3.8, 4) is 0 Å². The lowest BCUT2D eigenvalue weighted by molar-refractivity contribution is 0.0181. The van der Waals surface area contributed by atoms with Gasteiger partial charge in [-0.25, -0.2) is 4.79 Å². The number of nitrogens with one attached hydrogen (secondary N) is 1. The molecule has 3 heterocycles. The third-order valence-electron chi connectivity index (χ3n) is 4.73. The average molecular weight is 252 g/mol. The molecule has 0 saturated carbocycles. The Hall–Kier alpha value is -0.770. The molecule has 102 valence electrons. The molecule has 0 aromatic carbocycles. The number of ether oxygens (including phenoxy) is 1. The second-order valence-electron chi connectivity index (χ2n) is 7.13. The number of hydrogen-bond acceptors (Lipinski definition) is 3. The van der Waals surface area contributed by atoms with Gasteiger partial charge >= 0.3 is 6.09 Å². The second kappa shape index (κ2) is 3.86. The highest BCUT2D eigenvalue weighted by atomic mass is 16.6. The molecule has 3 rings (SSSR count). The molecule has 4 nitrogen and oxygen atoms in total. The number of hydrogen-bond donors (Lipinski definition) is 1. The molecular weight excluding hydrogens is 228 g/mol. The van der Waals surface area contributed by atoms with Gasteiger partial charge in [0.2, 0.25) is 0 Å². The molecule has 3 aliphatic rings. The topological polar surface area (TPSA) is 41.6 Å². The molecule has 0 radical (unpaired) electrons. The van der Waals surface area contributed by atoms with Gasteiger partial charge in [-0.1, -0.05) is 0 Å². The summed E-state index contributed by atoms with van der Waals surface area (Å²) in [6, 6.07) is 0.831. The first-order chi connectivity index (χ1) is 8.41. The maximum atomic E-state index is 12.3. The van der Waals surface area contributed by atoms with Gasteiger partial charge < -0.3 is 15.0 Å². The second-order valence-corrected chi connectivity index (χ2v) is 7.13. The van der Waals surface area contributed by atoms with Crippen LogP contribution >= 0.6 is 0 Å². The summed E-state index contributed by atoms with van der Waals surface area (Å²) in [5.41, 5.74) is -0.0416. The average Bonchev–Trinajstić information content (AvgIpc) is 2.89. The Morgan fingerprint density at radius 1 is 1.39 bits per heavy atom. The van der Waals surface area contributed by atoms with Crippen LogP contribution in [0.25, 0.3) is 0 Å². The highest BCUT2D eigenvalue weighted by Crippen LogP contribution is 2.53. The van der Waals surface area contributed by atoms with Gasteiger partial charge in [0.05, 0.1) is 0 Å². The molecular formula is C14H24N2O2. The molecule has 0 aromatic rings. The molecule has 3 unspecified atom stereocenters. The Bertz CT molecular complexity index is 355. The lowest BCUT2D eigenvalue weighted by Gasteiger charge is -2.33. The molecule has 1 spiro atoms. The molecule has 3 atom stereocenters. The Balaban J connectivity index is 1.76. The van der Waals surface area contributed by atoms with Crippen molar-refractivity contribution < 1.29 is 9.53 Å². The fourth-order valence-electron chi connectivity index (χ4n) is 4.10. The van der Waals surface area contributed by atoms with E-state index in [1.807, 2.05) is 20.8 Å². The van der Waals surface area contributed by atoms with Crippen LogP contribution in [0.5, 0.6) is 0 Å². The molecule has 4 heteroatoms. The van der Waals surface area contributed by atoms with Crippen LogP contribution in [0.4, 0.5) is 4.79 Å². The van der Waals surface area contributed by atoms with Crippen molar-refractivity contribution in [2.75, 3.05) is 13.1 Å². The van der Waals surface area contributed by atoms with Crippen LogP contribution in [0.2, 0.25) is 0 Å². The normalized spacial score (nSPS) is 38.7.